The number of aliphatic imine (C=N–C) groups is 1. The maximum atomic E-state index is 9.87. The molecule has 0 spiro atoms. The number of halogens is 1. The number of methoxy groups -OCH3 is 1. The standard InChI is InChI=1S/C20H16INO3/c1-24-19-12-14(11-18(21)20(19)23)13-22-15-7-9-17(10-8-15)25-16-5-3-2-4-6-16/h2-13,23H,1H3. The molecule has 0 aliphatic heterocycles. The van der Waals surface area contributed by atoms with Crippen LogP contribution in [-0.4, -0.2) is 18.4 Å². The Hall–Kier alpha value is -2.54. The number of nitrogens with zero attached hydrogens (tertiary/aromatic N) is 1. The third kappa shape index (κ3) is 4.51. The third-order valence-electron chi connectivity index (χ3n) is 3.45. The minimum absolute atomic E-state index is 0.141. The van der Waals surface area contributed by atoms with Crippen molar-refractivity contribution in [3.05, 3.63) is 75.9 Å². The van der Waals surface area contributed by atoms with Crippen LogP contribution in [0.15, 0.2) is 71.7 Å². The molecule has 3 aromatic carbocycles. The zero-order valence-corrected chi connectivity index (χ0v) is 15.7. The second kappa shape index (κ2) is 8.02. The fraction of sp³-hybridized carbons (Fsp3) is 0.0500. The quantitative estimate of drug-likeness (QED) is 0.414. The molecule has 0 saturated carbocycles. The van der Waals surface area contributed by atoms with E-state index in [2.05, 4.69) is 27.6 Å². The van der Waals surface area contributed by atoms with Crippen LogP contribution < -0.4 is 9.47 Å². The summed E-state index contributed by atoms with van der Waals surface area (Å²) in [7, 11) is 1.53. The molecule has 3 aromatic rings. The van der Waals surface area contributed by atoms with Crippen molar-refractivity contribution in [2.75, 3.05) is 7.11 Å². The highest BCUT2D eigenvalue weighted by atomic mass is 127. The SMILES string of the molecule is COc1cc(C=Nc2ccc(Oc3ccccc3)cc2)cc(I)c1O. The molecule has 0 aromatic heterocycles. The minimum atomic E-state index is 0.141. The Bertz CT molecular complexity index is 877. The van der Waals surface area contributed by atoms with Crippen LogP contribution in [0.1, 0.15) is 5.56 Å². The topological polar surface area (TPSA) is 51.0 Å². The molecule has 0 saturated heterocycles. The van der Waals surface area contributed by atoms with Gasteiger partial charge in [0.15, 0.2) is 11.5 Å². The number of ether oxygens (including phenoxy) is 2. The van der Waals surface area contributed by atoms with E-state index in [1.165, 1.54) is 7.11 Å². The predicted molar refractivity (Wildman–Crippen MR) is 108 cm³/mol. The van der Waals surface area contributed by atoms with Gasteiger partial charge in [0.05, 0.1) is 16.4 Å². The number of hydrogen-bond donors (Lipinski definition) is 1. The van der Waals surface area contributed by atoms with E-state index in [1.807, 2.05) is 60.7 Å². The van der Waals surface area contributed by atoms with Gasteiger partial charge in [-0.2, -0.15) is 0 Å². The number of para-hydroxylation sites is 1. The zero-order chi connectivity index (χ0) is 17.6. The van der Waals surface area contributed by atoms with Crippen molar-refractivity contribution < 1.29 is 14.6 Å². The Morgan fingerprint density at radius 3 is 2.32 bits per heavy atom. The first kappa shape index (κ1) is 17.3. The molecule has 0 aliphatic carbocycles. The van der Waals surface area contributed by atoms with Crippen LogP contribution in [0.2, 0.25) is 0 Å². The van der Waals surface area contributed by atoms with Crippen molar-refractivity contribution in [3.8, 4) is 23.0 Å². The molecule has 0 radical (unpaired) electrons. The van der Waals surface area contributed by atoms with Gasteiger partial charge in [0, 0.05) is 6.21 Å². The maximum absolute atomic E-state index is 9.87. The molecule has 4 nitrogen and oxygen atoms in total. The van der Waals surface area contributed by atoms with Gasteiger partial charge in [-0.3, -0.25) is 4.99 Å². The van der Waals surface area contributed by atoms with Gasteiger partial charge in [-0.05, 0) is 76.7 Å². The number of benzene rings is 3. The summed E-state index contributed by atoms with van der Waals surface area (Å²) in [6, 6.07) is 20.7. The van der Waals surface area contributed by atoms with Crippen LogP contribution in [0, 0.1) is 3.57 Å². The Morgan fingerprint density at radius 1 is 0.960 bits per heavy atom. The van der Waals surface area contributed by atoms with Gasteiger partial charge in [-0.15, -0.1) is 0 Å². The lowest BCUT2D eigenvalue weighted by Gasteiger charge is -2.06. The average molecular weight is 445 g/mol. The van der Waals surface area contributed by atoms with E-state index in [9.17, 15) is 5.11 Å². The molecule has 1 N–H and O–H groups in total. The van der Waals surface area contributed by atoms with Crippen LogP contribution in [0.4, 0.5) is 5.69 Å². The number of rotatable bonds is 5. The summed E-state index contributed by atoms with van der Waals surface area (Å²) in [6.45, 7) is 0. The summed E-state index contributed by atoms with van der Waals surface area (Å²) >= 11 is 2.06. The second-order valence-electron chi connectivity index (χ2n) is 5.22. The summed E-state index contributed by atoms with van der Waals surface area (Å²) in [6.07, 6.45) is 1.73. The van der Waals surface area contributed by atoms with Crippen molar-refractivity contribution in [2.45, 2.75) is 0 Å². The highest BCUT2D eigenvalue weighted by Gasteiger charge is 2.07. The molecule has 0 fully saturated rings. The zero-order valence-electron chi connectivity index (χ0n) is 13.5. The van der Waals surface area contributed by atoms with Crippen LogP contribution in [0.3, 0.4) is 0 Å². The van der Waals surface area contributed by atoms with Crippen LogP contribution in [0.25, 0.3) is 0 Å². The van der Waals surface area contributed by atoms with Crippen molar-refractivity contribution in [1.82, 2.24) is 0 Å². The fourth-order valence-corrected chi connectivity index (χ4v) is 2.82. The molecule has 0 aliphatic rings. The molecule has 0 unspecified atom stereocenters. The molecular formula is C20H16INO3. The number of phenolic OH excluding ortho intramolecular Hbond substituents is 1. The first-order valence-corrected chi connectivity index (χ1v) is 8.67. The first-order chi connectivity index (χ1) is 12.2. The predicted octanol–water partition coefficient (Wildman–Crippen LogP) is 5.55. The van der Waals surface area contributed by atoms with Gasteiger partial charge in [0.1, 0.15) is 11.5 Å². The third-order valence-corrected chi connectivity index (χ3v) is 4.27. The summed E-state index contributed by atoms with van der Waals surface area (Å²) in [5, 5.41) is 9.87. The van der Waals surface area contributed by atoms with E-state index in [1.54, 1.807) is 12.3 Å². The van der Waals surface area contributed by atoms with Gasteiger partial charge in [-0.1, -0.05) is 18.2 Å². The van der Waals surface area contributed by atoms with Crippen molar-refractivity contribution in [1.29, 1.82) is 0 Å². The van der Waals surface area contributed by atoms with E-state index < -0.39 is 0 Å². The average Bonchev–Trinajstić information content (AvgIpc) is 2.64. The summed E-state index contributed by atoms with van der Waals surface area (Å²) in [4.78, 5) is 4.45. The lowest BCUT2D eigenvalue weighted by atomic mass is 10.2. The van der Waals surface area contributed by atoms with Crippen LogP contribution in [0.5, 0.6) is 23.0 Å². The number of aromatic hydroxyl groups is 1. The van der Waals surface area contributed by atoms with Crippen molar-refractivity contribution >= 4 is 34.5 Å². The van der Waals surface area contributed by atoms with E-state index in [0.29, 0.717) is 9.32 Å². The molecule has 0 atom stereocenters. The van der Waals surface area contributed by atoms with E-state index in [0.717, 1.165) is 22.7 Å². The highest BCUT2D eigenvalue weighted by Crippen LogP contribution is 2.32. The molecule has 0 heterocycles. The lowest BCUT2D eigenvalue weighted by Crippen LogP contribution is -1.90. The molecule has 0 amide bonds. The summed E-state index contributed by atoms with van der Waals surface area (Å²) in [5.74, 6) is 2.12. The number of phenols is 1. The lowest BCUT2D eigenvalue weighted by molar-refractivity contribution is 0.371. The second-order valence-corrected chi connectivity index (χ2v) is 6.38. The molecule has 5 heteroatoms. The molecule has 126 valence electrons. The van der Waals surface area contributed by atoms with Crippen molar-refractivity contribution in [2.24, 2.45) is 4.99 Å². The fourth-order valence-electron chi connectivity index (χ4n) is 2.20. The molecule has 25 heavy (non-hydrogen) atoms. The van der Waals surface area contributed by atoms with E-state index in [4.69, 9.17) is 9.47 Å². The van der Waals surface area contributed by atoms with E-state index >= 15 is 0 Å². The van der Waals surface area contributed by atoms with Gasteiger partial charge < -0.3 is 14.6 Å². The Kier molecular flexibility index (Phi) is 5.55. The van der Waals surface area contributed by atoms with Gasteiger partial charge >= 0.3 is 0 Å². The first-order valence-electron chi connectivity index (χ1n) is 7.59. The van der Waals surface area contributed by atoms with Gasteiger partial charge in [0.25, 0.3) is 0 Å². The Labute approximate surface area is 159 Å². The molecule has 3 rings (SSSR count). The van der Waals surface area contributed by atoms with E-state index in [-0.39, 0.29) is 5.75 Å². The Morgan fingerprint density at radius 2 is 1.64 bits per heavy atom. The largest absolute Gasteiger partial charge is 0.504 e. The monoisotopic (exact) mass is 445 g/mol. The van der Waals surface area contributed by atoms with Gasteiger partial charge in [0.2, 0.25) is 0 Å². The summed E-state index contributed by atoms with van der Waals surface area (Å²) in [5.41, 5.74) is 1.66. The highest BCUT2D eigenvalue weighted by molar-refractivity contribution is 14.1. The molecule has 0 bridgehead atoms. The molecular weight excluding hydrogens is 429 g/mol. The minimum Gasteiger partial charge on any atom is -0.504 e. The van der Waals surface area contributed by atoms with Crippen molar-refractivity contribution in [3.63, 3.8) is 0 Å². The van der Waals surface area contributed by atoms with Crippen LogP contribution >= 0.6 is 22.6 Å². The smallest absolute Gasteiger partial charge is 0.171 e. The van der Waals surface area contributed by atoms with Crippen LogP contribution in [-0.2, 0) is 0 Å². The number of hydrogen-bond acceptors (Lipinski definition) is 4. The van der Waals surface area contributed by atoms with Gasteiger partial charge in [-0.25, -0.2) is 0 Å². The Balaban J connectivity index is 1.73. The summed E-state index contributed by atoms with van der Waals surface area (Å²) < 4.78 is 11.6. The normalized spacial score (nSPS) is 10.8. The maximum Gasteiger partial charge on any atom is 0.171 e.